The number of carbonyl (C=O) groups excluding carboxylic acids is 2. The number of rotatable bonds is 8. The topological polar surface area (TPSA) is 80.5 Å². The number of likely N-dealkylation sites (tertiary alicyclic amines) is 1. The largest absolute Gasteiger partial charge is 0.361 e. The zero-order valence-electron chi connectivity index (χ0n) is 23.6. The lowest BCUT2D eigenvalue weighted by Gasteiger charge is -2.34. The van der Waals surface area contributed by atoms with Crippen molar-refractivity contribution in [2.45, 2.75) is 44.2 Å². The van der Waals surface area contributed by atoms with E-state index < -0.39 is 6.04 Å². The third-order valence-electron chi connectivity index (χ3n) is 7.92. The molecule has 3 N–H and O–H groups in total. The van der Waals surface area contributed by atoms with E-state index in [-0.39, 0.29) is 17.9 Å². The molecule has 1 aliphatic rings. The lowest BCUT2D eigenvalue weighted by Crippen LogP contribution is -2.53. The number of fused-ring (bicyclic) bond motifs is 1. The Bertz CT molecular complexity index is 1440. The van der Waals surface area contributed by atoms with Gasteiger partial charge in [0.05, 0.1) is 0 Å². The van der Waals surface area contributed by atoms with Crippen molar-refractivity contribution in [3.63, 3.8) is 0 Å². The van der Waals surface area contributed by atoms with Crippen molar-refractivity contribution in [3.8, 4) is 0 Å². The number of hydrogen-bond acceptors (Lipinski definition) is 3. The van der Waals surface area contributed by atoms with Crippen LogP contribution in [0.4, 0.5) is 10.5 Å². The number of carbonyl (C=O) groups is 2. The third-order valence-corrected chi connectivity index (χ3v) is 7.92. The summed E-state index contributed by atoms with van der Waals surface area (Å²) < 4.78 is 0. The summed E-state index contributed by atoms with van der Waals surface area (Å²) in [5, 5.41) is 7.25. The first-order valence-electron chi connectivity index (χ1n) is 14.1. The van der Waals surface area contributed by atoms with Crippen molar-refractivity contribution >= 4 is 28.5 Å². The van der Waals surface area contributed by atoms with Crippen LogP contribution in [0.25, 0.3) is 10.9 Å². The van der Waals surface area contributed by atoms with Gasteiger partial charge in [0.15, 0.2) is 0 Å². The van der Waals surface area contributed by atoms with Gasteiger partial charge in [0.25, 0.3) is 0 Å². The molecule has 3 amide bonds. The Morgan fingerprint density at radius 3 is 2.45 bits per heavy atom. The minimum Gasteiger partial charge on any atom is -0.361 e. The minimum atomic E-state index is -0.754. The first kappa shape index (κ1) is 27.5. The molecule has 4 aromatic rings. The average Bonchev–Trinajstić information content (AvgIpc) is 3.40. The Morgan fingerprint density at radius 2 is 1.70 bits per heavy atom. The fourth-order valence-corrected chi connectivity index (χ4v) is 5.77. The summed E-state index contributed by atoms with van der Waals surface area (Å²) in [5.74, 6) is -0.0387. The van der Waals surface area contributed by atoms with Crippen LogP contribution in [0.3, 0.4) is 0 Å². The highest BCUT2D eigenvalue weighted by molar-refractivity contribution is 5.98. The molecule has 2 atom stereocenters. The first-order valence-corrected chi connectivity index (χ1v) is 14.1. The number of aromatic nitrogens is 1. The van der Waals surface area contributed by atoms with Crippen LogP contribution in [0.15, 0.2) is 85.1 Å². The Kier molecular flexibility index (Phi) is 8.51. The van der Waals surface area contributed by atoms with E-state index in [0.717, 1.165) is 47.1 Å². The number of anilines is 1. The molecule has 1 saturated heterocycles. The van der Waals surface area contributed by atoms with E-state index in [9.17, 15) is 9.59 Å². The van der Waals surface area contributed by atoms with Crippen LogP contribution in [0.2, 0.25) is 0 Å². The van der Waals surface area contributed by atoms with Gasteiger partial charge in [0, 0.05) is 48.3 Å². The number of aromatic amines is 1. The normalized spacial score (nSPS) is 15.7. The van der Waals surface area contributed by atoms with Gasteiger partial charge < -0.3 is 25.4 Å². The van der Waals surface area contributed by atoms with Gasteiger partial charge in [-0.25, -0.2) is 4.79 Å². The summed E-state index contributed by atoms with van der Waals surface area (Å²) in [5.41, 5.74) is 5.16. The van der Waals surface area contributed by atoms with E-state index in [1.54, 1.807) is 0 Å². The number of piperidine rings is 1. The molecule has 1 aromatic heterocycles. The molecule has 0 aliphatic carbocycles. The minimum absolute atomic E-state index is 0.195. The van der Waals surface area contributed by atoms with E-state index in [1.165, 1.54) is 5.56 Å². The molecular formula is C33H39N5O2. The molecule has 1 fully saturated rings. The second-order valence-electron chi connectivity index (χ2n) is 11.1. The summed E-state index contributed by atoms with van der Waals surface area (Å²) in [6.07, 6.45) is 3.76. The maximum Gasteiger partial charge on any atom is 0.318 e. The molecule has 0 radical (unpaired) electrons. The molecule has 0 spiro atoms. The Balaban J connectivity index is 1.34. The van der Waals surface area contributed by atoms with Gasteiger partial charge in [-0.3, -0.25) is 4.79 Å². The van der Waals surface area contributed by atoms with E-state index in [0.29, 0.717) is 19.0 Å². The number of urea groups is 1. The number of hydrogen-bond donors (Lipinski definition) is 3. The molecule has 7 heteroatoms. The lowest BCUT2D eigenvalue weighted by molar-refractivity contribution is -0.118. The number of benzene rings is 3. The summed E-state index contributed by atoms with van der Waals surface area (Å²) in [7, 11) is 4.03. The van der Waals surface area contributed by atoms with Crippen LogP contribution in [0.1, 0.15) is 48.3 Å². The second-order valence-corrected chi connectivity index (χ2v) is 11.1. The fraction of sp³-hybridized carbons (Fsp3) is 0.333. The monoisotopic (exact) mass is 537 g/mol. The van der Waals surface area contributed by atoms with Crippen molar-refractivity contribution in [2.24, 2.45) is 0 Å². The predicted molar refractivity (Wildman–Crippen MR) is 161 cm³/mol. The van der Waals surface area contributed by atoms with E-state index in [1.807, 2.05) is 86.7 Å². The first-order chi connectivity index (χ1) is 19.4. The van der Waals surface area contributed by atoms with Crippen LogP contribution in [-0.2, 0) is 11.3 Å². The Labute approximate surface area is 236 Å². The van der Waals surface area contributed by atoms with Gasteiger partial charge in [-0.05, 0) is 67.7 Å². The van der Waals surface area contributed by atoms with Crippen molar-refractivity contribution < 1.29 is 9.59 Å². The van der Waals surface area contributed by atoms with Gasteiger partial charge in [-0.2, -0.15) is 0 Å². The molecule has 0 saturated carbocycles. The van der Waals surface area contributed by atoms with E-state index in [4.69, 9.17) is 0 Å². The summed E-state index contributed by atoms with van der Waals surface area (Å²) in [4.78, 5) is 34.6. The zero-order valence-corrected chi connectivity index (χ0v) is 23.6. The number of amides is 3. The Hall–Kier alpha value is -4.10. The van der Waals surface area contributed by atoms with Crippen molar-refractivity contribution in [2.75, 3.05) is 32.5 Å². The average molecular weight is 538 g/mol. The molecule has 0 unspecified atom stereocenters. The summed E-state index contributed by atoms with van der Waals surface area (Å²) in [6.45, 7) is 4.10. The van der Waals surface area contributed by atoms with Crippen molar-refractivity contribution in [1.82, 2.24) is 20.1 Å². The maximum absolute atomic E-state index is 13.8. The molecule has 3 aromatic carbocycles. The fourth-order valence-electron chi connectivity index (χ4n) is 5.77. The maximum atomic E-state index is 13.8. The SMILES string of the molecule is C[C@H](c1c[nH]c2ccccc12)[C@H](NC(=O)N1CCC(c2ccccc2)CC1)C(=O)Nc1cccc(CN(C)C)c1. The molecule has 208 valence electrons. The van der Waals surface area contributed by atoms with Gasteiger partial charge in [-0.1, -0.05) is 67.6 Å². The molecule has 40 heavy (non-hydrogen) atoms. The van der Waals surface area contributed by atoms with Crippen LogP contribution < -0.4 is 10.6 Å². The molecular weight excluding hydrogens is 498 g/mol. The number of H-pyrrole nitrogens is 1. The highest BCUT2D eigenvalue weighted by Crippen LogP contribution is 2.30. The highest BCUT2D eigenvalue weighted by Gasteiger charge is 2.32. The number of nitrogens with zero attached hydrogens (tertiary/aromatic N) is 2. The lowest BCUT2D eigenvalue weighted by atomic mass is 9.89. The molecule has 0 bridgehead atoms. The van der Waals surface area contributed by atoms with Crippen molar-refractivity contribution in [3.05, 3.63) is 102 Å². The van der Waals surface area contributed by atoms with Crippen LogP contribution in [0.5, 0.6) is 0 Å². The number of nitrogens with one attached hydrogen (secondary N) is 3. The summed E-state index contributed by atoms with van der Waals surface area (Å²) >= 11 is 0. The van der Waals surface area contributed by atoms with E-state index >= 15 is 0 Å². The van der Waals surface area contributed by atoms with Crippen molar-refractivity contribution in [1.29, 1.82) is 0 Å². The second kappa shape index (κ2) is 12.4. The summed E-state index contributed by atoms with van der Waals surface area (Å²) in [6, 6.07) is 25.5. The Morgan fingerprint density at radius 1 is 0.975 bits per heavy atom. The number of para-hydroxylation sites is 1. The standard InChI is InChI=1S/C33H39N5O2/c1-23(29-21-34-30-15-8-7-14-28(29)30)31(32(39)35-27-13-9-10-24(20-27)22-37(2)3)36-33(40)38-18-16-26(17-19-38)25-11-5-4-6-12-25/h4-15,20-21,23,26,31,34H,16-19,22H2,1-3H3,(H,35,39)(H,36,40)/t23-,31+/m1/s1. The van der Waals surface area contributed by atoms with Crippen LogP contribution in [0, 0.1) is 0 Å². The molecule has 7 nitrogen and oxygen atoms in total. The van der Waals surface area contributed by atoms with Gasteiger partial charge in [0.2, 0.25) is 5.91 Å². The molecule has 1 aliphatic heterocycles. The smallest absolute Gasteiger partial charge is 0.318 e. The molecule has 5 rings (SSSR count). The van der Waals surface area contributed by atoms with Crippen LogP contribution in [-0.4, -0.2) is 59.9 Å². The highest BCUT2D eigenvalue weighted by atomic mass is 16.2. The van der Waals surface area contributed by atoms with E-state index in [2.05, 4.69) is 44.8 Å². The quantitative estimate of drug-likeness (QED) is 0.261. The van der Waals surface area contributed by atoms with Gasteiger partial charge >= 0.3 is 6.03 Å². The van der Waals surface area contributed by atoms with Gasteiger partial charge in [-0.15, -0.1) is 0 Å². The van der Waals surface area contributed by atoms with Gasteiger partial charge in [0.1, 0.15) is 6.04 Å². The van der Waals surface area contributed by atoms with Crippen LogP contribution >= 0.6 is 0 Å². The third kappa shape index (κ3) is 6.37. The molecule has 2 heterocycles. The predicted octanol–water partition coefficient (Wildman–Crippen LogP) is 5.93. The zero-order chi connectivity index (χ0) is 28.1.